The summed E-state index contributed by atoms with van der Waals surface area (Å²) < 4.78 is 10.2. The van der Waals surface area contributed by atoms with Crippen molar-refractivity contribution in [1.82, 2.24) is 0 Å². The minimum Gasteiger partial charge on any atom is -0.469 e. The SMILES string of the molecule is CCOC(=O)C1(CC(=O)OC)C(=O)N(C)c2ccccc2C1c1ccccc1. The van der Waals surface area contributed by atoms with Crippen LogP contribution in [0.2, 0.25) is 0 Å². The lowest BCUT2D eigenvalue weighted by molar-refractivity contribution is -0.167. The van der Waals surface area contributed by atoms with Gasteiger partial charge in [0.05, 0.1) is 20.1 Å². The second-order valence-corrected chi connectivity index (χ2v) is 6.71. The zero-order chi connectivity index (χ0) is 20.3. The highest BCUT2D eigenvalue weighted by Gasteiger charge is 2.60. The molecule has 0 radical (unpaired) electrons. The van der Waals surface area contributed by atoms with Gasteiger partial charge in [-0.1, -0.05) is 48.5 Å². The number of rotatable bonds is 5. The number of carbonyl (C=O) groups excluding carboxylic acids is 3. The molecule has 0 saturated heterocycles. The fraction of sp³-hybridized carbons (Fsp3) is 0.318. The fourth-order valence-corrected chi connectivity index (χ4v) is 3.96. The highest BCUT2D eigenvalue weighted by atomic mass is 16.5. The van der Waals surface area contributed by atoms with E-state index in [1.54, 1.807) is 14.0 Å². The summed E-state index contributed by atoms with van der Waals surface area (Å²) in [4.78, 5) is 40.6. The van der Waals surface area contributed by atoms with Crippen molar-refractivity contribution in [2.75, 3.05) is 25.7 Å². The van der Waals surface area contributed by atoms with E-state index in [-0.39, 0.29) is 6.61 Å². The third-order valence-electron chi connectivity index (χ3n) is 5.21. The molecule has 3 rings (SSSR count). The summed E-state index contributed by atoms with van der Waals surface area (Å²) in [7, 11) is 2.84. The van der Waals surface area contributed by atoms with Crippen LogP contribution in [0.4, 0.5) is 5.69 Å². The lowest BCUT2D eigenvalue weighted by Gasteiger charge is -2.44. The zero-order valence-corrected chi connectivity index (χ0v) is 16.2. The van der Waals surface area contributed by atoms with Gasteiger partial charge in [0.1, 0.15) is 0 Å². The van der Waals surface area contributed by atoms with Gasteiger partial charge in [0.2, 0.25) is 5.91 Å². The van der Waals surface area contributed by atoms with Gasteiger partial charge in [-0.25, -0.2) is 0 Å². The van der Waals surface area contributed by atoms with Crippen LogP contribution in [-0.2, 0) is 23.9 Å². The number of fused-ring (bicyclic) bond motifs is 1. The Bertz CT molecular complexity index is 895. The second-order valence-electron chi connectivity index (χ2n) is 6.71. The van der Waals surface area contributed by atoms with Crippen LogP contribution in [-0.4, -0.2) is 38.6 Å². The number of benzene rings is 2. The predicted octanol–water partition coefficient (Wildman–Crippen LogP) is 2.91. The Morgan fingerprint density at radius 2 is 1.71 bits per heavy atom. The molecule has 2 unspecified atom stereocenters. The van der Waals surface area contributed by atoms with Crippen LogP contribution in [0.3, 0.4) is 0 Å². The topological polar surface area (TPSA) is 72.9 Å². The van der Waals surface area contributed by atoms with Crippen molar-refractivity contribution in [3.63, 3.8) is 0 Å². The third kappa shape index (κ3) is 3.05. The first-order valence-corrected chi connectivity index (χ1v) is 9.13. The van der Waals surface area contributed by atoms with E-state index in [2.05, 4.69) is 0 Å². The third-order valence-corrected chi connectivity index (χ3v) is 5.21. The summed E-state index contributed by atoms with van der Waals surface area (Å²) in [5.74, 6) is -2.52. The first-order chi connectivity index (χ1) is 13.5. The number of anilines is 1. The van der Waals surface area contributed by atoms with Crippen molar-refractivity contribution >= 4 is 23.5 Å². The number of esters is 2. The Labute approximate surface area is 164 Å². The number of carbonyl (C=O) groups is 3. The lowest BCUT2D eigenvalue weighted by atomic mass is 9.63. The number of hydrogen-bond acceptors (Lipinski definition) is 5. The molecule has 1 heterocycles. The highest BCUT2D eigenvalue weighted by molar-refractivity contribution is 6.15. The van der Waals surface area contributed by atoms with E-state index >= 15 is 0 Å². The van der Waals surface area contributed by atoms with Crippen molar-refractivity contribution < 1.29 is 23.9 Å². The Kier molecular flexibility index (Phi) is 5.49. The summed E-state index contributed by atoms with van der Waals surface area (Å²) in [6.07, 6.45) is -0.403. The van der Waals surface area contributed by atoms with Crippen molar-refractivity contribution in [2.24, 2.45) is 5.41 Å². The fourth-order valence-electron chi connectivity index (χ4n) is 3.96. The first-order valence-electron chi connectivity index (χ1n) is 9.13. The standard InChI is InChI=1S/C22H23NO5/c1-4-28-21(26)22(14-18(24)27-3)19(15-10-6-5-7-11-15)16-12-8-9-13-17(16)23(2)20(22)25/h5-13,19H,4,14H2,1-3H3. The van der Waals surface area contributed by atoms with Gasteiger partial charge in [-0.05, 0) is 24.1 Å². The summed E-state index contributed by atoms with van der Waals surface area (Å²) in [5, 5.41) is 0. The molecule has 1 amide bonds. The maximum atomic E-state index is 13.6. The number of para-hydroxylation sites is 1. The summed E-state index contributed by atoms with van der Waals surface area (Å²) >= 11 is 0. The van der Waals surface area contributed by atoms with E-state index in [1.807, 2.05) is 54.6 Å². The lowest BCUT2D eigenvalue weighted by Crippen LogP contribution is -2.56. The molecule has 146 valence electrons. The van der Waals surface area contributed by atoms with Gasteiger partial charge in [-0.2, -0.15) is 0 Å². The van der Waals surface area contributed by atoms with E-state index < -0.39 is 35.6 Å². The Balaban J connectivity index is 2.34. The molecule has 0 spiro atoms. The molecule has 2 aromatic rings. The van der Waals surface area contributed by atoms with E-state index in [1.165, 1.54) is 12.0 Å². The summed E-state index contributed by atoms with van der Waals surface area (Å²) in [6, 6.07) is 16.6. The largest absolute Gasteiger partial charge is 0.469 e. The molecule has 0 aliphatic carbocycles. The molecule has 0 N–H and O–H groups in total. The molecule has 0 bridgehead atoms. The highest BCUT2D eigenvalue weighted by Crippen LogP contribution is 2.52. The summed E-state index contributed by atoms with van der Waals surface area (Å²) in [5.41, 5.74) is 0.500. The van der Waals surface area contributed by atoms with Gasteiger partial charge in [-0.15, -0.1) is 0 Å². The quantitative estimate of drug-likeness (QED) is 0.588. The minimum absolute atomic E-state index is 0.0991. The smallest absolute Gasteiger partial charge is 0.323 e. The first kappa shape index (κ1) is 19.6. The number of hydrogen-bond donors (Lipinski definition) is 0. The molecule has 2 aromatic carbocycles. The maximum absolute atomic E-state index is 13.6. The van der Waals surface area contributed by atoms with Crippen LogP contribution in [0.15, 0.2) is 54.6 Å². The monoisotopic (exact) mass is 381 g/mol. The number of ether oxygens (including phenoxy) is 2. The molecule has 0 fully saturated rings. The molecular weight excluding hydrogens is 358 g/mol. The van der Waals surface area contributed by atoms with Crippen molar-refractivity contribution in [3.05, 3.63) is 65.7 Å². The number of amides is 1. The Morgan fingerprint density at radius 3 is 2.36 bits per heavy atom. The van der Waals surface area contributed by atoms with Gasteiger partial charge >= 0.3 is 11.9 Å². The molecule has 0 aromatic heterocycles. The molecule has 1 aliphatic heterocycles. The average molecular weight is 381 g/mol. The normalized spacial score (nSPS) is 21.0. The van der Waals surface area contributed by atoms with Crippen LogP contribution in [0.5, 0.6) is 0 Å². The molecule has 1 aliphatic rings. The van der Waals surface area contributed by atoms with Gasteiger partial charge in [0.15, 0.2) is 5.41 Å². The minimum atomic E-state index is -1.74. The van der Waals surface area contributed by atoms with E-state index in [4.69, 9.17) is 9.47 Å². The van der Waals surface area contributed by atoms with Gasteiger partial charge in [-0.3, -0.25) is 14.4 Å². The number of nitrogens with zero attached hydrogens (tertiary/aromatic N) is 1. The van der Waals surface area contributed by atoms with Crippen molar-refractivity contribution in [3.8, 4) is 0 Å². The molecule has 28 heavy (non-hydrogen) atoms. The average Bonchev–Trinajstić information content (AvgIpc) is 2.72. The van der Waals surface area contributed by atoms with Crippen LogP contribution in [0.1, 0.15) is 30.4 Å². The van der Waals surface area contributed by atoms with Crippen LogP contribution in [0, 0.1) is 5.41 Å². The van der Waals surface area contributed by atoms with E-state index in [9.17, 15) is 14.4 Å². The van der Waals surface area contributed by atoms with Crippen molar-refractivity contribution in [2.45, 2.75) is 19.3 Å². The zero-order valence-electron chi connectivity index (χ0n) is 16.2. The van der Waals surface area contributed by atoms with E-state index in [0.29, 0.717) is 5.69 Å². The molecule has 2 atom stereocenters. The predicted molar refractivity (Wildman–Crippen MR) is 104 cm³/mol. The molecule has 6 nitrogen and oxygen atoms in total. The molecule has 0 saturated carbocycles. The van der Waals surface area contributed by atoms with Gasteiger partial charge in [0, 0.05) is 18.7 Å². The molecular formula is C22H23NO5. The van der Waals surface area contributed by atoms with Gasteiger partial charge in [0.25, 0.3) is 0 Å². The second kappa shape index (κ2) is 7.84. The Hall–Kier alpha value is -3.15. The number of methoxy groups -OCH3 is 1. The van der Waals surface area contributed by atoms with Gasteiger partial charge < -0.3 is 14.4 Å². The van der Waals surface area contributed by atoms with Crippen LogP contribution >= 0.6 is 0 Å². The summed E-state index contributed by atoms with van der Waals surface area (Å²) in [6.45, 7) is 1.77. The van der Waals surface area contributed by atoms with E-state index in [0.717, 1.165) is 11.1 Å². The molecule has 6 heteroatoms. The Morgan fingerprint density at radius 1 is 1.07 bits per heavy atom. The maximum Gasteiger partial charge on any atom is 0.323 e. The van der Waals surface area contributed by atoms with Crippen LogP contribution in [0.25, 0.3) is 0 Å². The van der Waals surface area contributed by atoms with Crippen molar-refractivity contribution in [1.29, 1.82) is 0 Å². The van der Waals surface area contributed by atoms with Crippen LogP contribution < -0.4 is 4.90 Å².